The van der Waals surface area contributed by atoms with Crippen LogP contribution >= 0.6 is 12.4 Å². The molecule has 32 heavy (non-hydrogen) atoms. The molecule has 2 aliphatic rings. The van der Waals surface area contributed by atoms with E-state index in [9.17, 15) is 12.8 Å². The van der Waals surface area contributed by atoms with Crippen molar-refractivity contribution in [2.75, 3.05) is 26.2 Å². The minimum atomic E-state index is -3.68. The van der Waals surface area contributed by atoms with Gasteiger partial charge in [0.1, 0.15) is 5.82 Å². The van der Waals surface area contributed by atoms with Crippen molar-refractivity contribution in [1.82, 2.24) is 9.21 Å². The van der Waals surface area contributed by atoms with Crippen molar-refractivity contribution >= 4 is 33.2 Å². The molecular weight excluding hydrogens is 447 g/mol. The summed E-state index contributed by atoms with van der Waals surface area (Å²) in [6.07, 6.45) is 2.94. The van der Waals surface area contributed by atoms with Gasteiger partial charge < -0.3 is 0 Å². The Kier molecular flexibility index (Phi) is 6.86. The minimum absolute atomic E-state index is 0. The summed E-state index contributed by atoms with van der Waals surface area (Å²) in [7, 11) is -3.68. The van der Waals surface area contributed by atoms with Gasteiger partial charge in [-0.2, -0.15) is 4.31 Å². The van der Waals surface area contributed by atoms with Gasteiger partial charge in [-0.25, -0.2) is 12.8 Å². The third kappa shape index (κ3) is 4.42. The number of rotatable bonds is 4. The van der Waals surface area contributed by atoms with Crippen LogP contribution in [0.5, 0.6) is 0 Å². The van der Waals surface area contributed by atoms with Gasteiger partial charge in [0.15, 0.2) is 0 Å². The summed E-state index contributed by atoms with van der Waals surface area (Å²) in [5.41, 5.74) is 2.81. The van der Waals surface area contributed by atoms with Crippen LogP contribution in [-0.2, 0) is 23.0 Å². The number of nitrogens with zero attached hydrogens (tertiary/aromatic N) is 2. The maximum atomic E-state index is 14.2. The average molecular weight is 475 g/mol. The van der Waals surface area contributed by atoms with Crippen molar-refractivity contribution in [3.8, 4) is 0 Å². The van der Waals surface area contributed by atoms with Crippen LogP contribution in [0.25, 0.3) is 10.8 Å². The van der Waals surface area contributed by atoms with Crippen molar-refractivity contribution in [2.45, 2.75) is 30.7 Å². The fraction of sp³-hybridized carbons (Fsp3) is 0.360. The third-order valence-electron chi connectivity index (χ3n) is 6.66. The van der Waals surface area contributed by atoms with Crippen LogP contribution in [0.4, 0.5) is 4.39 Å². The molecule has 0 bridgehead atoms. The lowest BCUT2D eigenvalue weighted by atomic mass is 9.95. The molecule has 1 saturated heterocycles. The number of sulfonamides is 1. The zero-order valence-corrected chi connectivity index (χ0v) is 19.5. The van der Waals surface area contributed by atoms with Crippen molar-refractivity contribution in [3.63, 3.8) is 0 Å². The van der Waals surface area contributed by atoms with Crippen LogP contribution < -0.4 is 0 Å². The summed E-state index contributed by atoms with van der Waals surface area (Å²) >= 11 is 0. The molecule has 5 rings (SSSR count). The first-order valence-electron chi connectivity index (χ1n) is 11.0. The number of hydrogen-bond acceptors (Lipinski definition) is 3. The highest BCUT2D eigenvalue weighted by atomic mass is 35.5. The van der Waals surface area contributed by atoms with Gasteiger partial charge in [-0.15, -0.1) is 12.4 Å². The van der Waals surface area contributed by atoms with E-state index in [1.165, 1.54) is 23.3 Å². The molecular formula is C25H28ClFN2O2S. The molecule has 0 spiro atoms. The number of fused-ring (bicyclic) bond motifs is 2. The highest BCUT2D eigenvalue weighted by Gasteiger charge is 2.32. The normalized spacial score (nSPS) is 20.0. The smallest absolute Gasteiger partial charge is 0.243 e. The first-order valence-corrected chi connectivity index (χ1v) is 12.4. The predicted octanol–water partition coefficient (Wildman–Crippen LogP) is 4.86. The number of halogens is 2. The van der Waals surface area contributed by atoms with E-state index in [4.69, 9.17) is 0 Å². The molecule has 170 valence electrons. The largest absolute Gasteiger partial charge is 0.298 e. The van der Waals surface area contributed by atoms with Crippen LogP contribution in [0.1, 0.15) is 24.0 Å². The molecule has 0 aliphatic carbocycles. The van der Waals surface area contributed by atoms with Gasteiger partial charge in [0.25, 0.3) is 0 Å². The molecule has 7 heteroatoms. The molecule has 0 aromatic heterocycles. The van der Waals surface area contributed by atoms with Gasteiger partial charge in [0, 0.05) is 43.5 Å². The lowest BCUT2D eigenvalue weighted by molar-refractivity contribution is 0.167. The van der Waals surface area contributed by atoms with Gasteiger partial charge in [0.05, 0.1) is 4.90 Å². The van der Waals surface area contributed by atoms with Gasteiger partial charge in [0.2, 0.25) is 10.0 Å². The fourth-order valence-corrected chi connectivity index (χ4v) is 6.82. The Balaban J connectivity index is 0.00000245. The molecule has 1 atom stereocenters. The second-order valence-corrected chi connectivity index (χ2v) is 10.6. The molecule has 0 N–H and O–H groups in total. The van der Waals surface area contributed by atoms with E-state index in [2.05, 4.69) is 29.2 Å². The monoisotopic (exact) mass is 474 g/mol. The maximum Gasteiger partial charge on any atom is 0.243 e. The van der Waals surface area contributed by atoms with Crippen molar-refractivity contribution in [1.29, 1.82) is 0 Å². The highest BCUT2D eigenvalue weighted by molar-refractivity contribution is 7.89. The topological polar surface area (TPSA) is 40.6 Å². The average Bonchev–Trinajstić information content (AvgIpc) is 2.79. The van der Waals surface area contributed by atoms with E-state index >= 15 is 0 Å². The maximum absolute atomic E-state index is 14.2. The SMILES string of the molecule is Cl.O=S(=O)(c1ccc(F)c2ccccc12)N1CCCC(CN2CCc3ccccc3C2)C1. The van der Waals surface area contributed by atoms with Crippen LogP contribution in [0.15, 0.2) is 65.6 Å². The third-order valence-corrected chi connectivity index (χ3v) is 8.58. The number of piperidine rings is 1. The number of benzene rings is 3. The van der Waals surface area contributed by atoms with E-state index in [-0.39, 0.29) is 17.3 Å². The summed E-state index contributed by atoms with van der Waals surface area (Å²) in [5.74, 6) is -0.0862. The molecule has 0 radical (unpaired) electrons. The lowest BCUT2D eigenvalue weighted by Crippen LogP contribution is -2.44. The molecule has 3 aromatic carbocycles. The Bertz CT molecular complexity index is 1220. The Labute approximate surface area is 195 Å². The Morgan fingerprint density at radius 1 is 0.906 bits per heavy atom. The van der Waals surface area contributed by atoms with E-state index in [1.54, 1.807) is 28.6 Å². The lowest BCUT2D eigenvalue weighted by Gasteiger charge is -2.36. The standard InChI is InChI=1S/C25H27FN2O2S.ClH/c26-24-11-12-25(23-10-4-3-9-22(23)24)31(29,30)28-14-5-6-19(17-28)16-27-15-13-20-7-1-2-8-21(20)18-27;/h1-4,7-12,19H,5-6,13-18H2;1H. The summed E-state index contributed by atoms with van der Waals surface area (Å²) < 4.78 is 42.8. The minimum Gasteiger partial charge on any atom is -0.298 e. The fourth-order valence-electron chi connectivity index (χ4n) is 5.07. The van der Waals surface area contributed by atoms with E-state index < -0.39 is 15.8 Å². The quantitative estimate of drug-likeness (QED) is 0.542. The highest BCUT2D eigenvalue weighted by Crippen LogP contribution is 2.31. The van der Waals surface area contributed by atoms with Crippen LogP contribution in [0.3, 0.4) is 0 Å². The van der Waals surface area contributed by atoms with E-state index in [0.29, 0.717) is 29.8 Å². The molecule has 4 nitrogen and oxygen atoms in total. The zero-order chi connectivity index (χ0) is 21.4. The Morgan fingerprint density at radius 3 is 2.44 bits per heavy atom. The summed E-state index contributed by atoms with van der Waals surface area (Å²) in [5, 5.41) is 0.807. The zero-order valence-electron chi connectivity index (χ0n) is 17.9. The summed E-state index contributed by atoms with van der Waals surface area (Å²) in [6.45, 7) is 3.90. The van der Waals surface area contributed by atoms with Gasteiger partial charge in [-0.1, -0.05) is 48.5 Å². The predicted molar refractivity (Wildman–Crippen MR) is 128 cm³/mol. The first-order chi connectivity index (χ1) is 15.0. The van der Waals surface area contributed by atoms with Crippen LogP contribution in [0.2, 0.25) is 0 Å². The van der Waals surface area contributed by atoms with E-state index in [0.717, 1.165) is 38.9 Å². The molecule has 3 aromatic rings. The van der Waals surface area contributed by atoms with Gasteiger partial charge >= 0.3 is 0 Å². The Morgan fingerprint density at radius 2 is 1.62 bits per heavy atom. The molecule has 2 aliphatic heterocycles. The summed E-state index contributed by atoms with van der Waals surface area (Å²) in [4.78, 5) is 2.66. The second kappa shape index (κ2) is 9.48. The molecule has 0 amide bonds. The number of hydrogen-bond donors (Lipinski definition) is 0. The van der Waals surface area contributed by atoms with Crippen molar-refractivity contribution < 1.29 is 12.8 Å². The van der Waals surface area contributed by atoms with Crippen LogP contribution in [0, 0.1) is 11.7 Å². The van der Waals surface area contributed by atoms with Crippen LogP contribution in [-0.4, -0.2) is 43.8 Å². The Hall–Kier alpha value is -1.99. The second-order valence-electron chi connectivity index (χ2n) is 8.72. The van der Waals surface area contributed by atoms with Gasteiger partial charge in [-0.05, 0) is 48.4 Å². The molecule has 1 unspecified atom stereocenters. The summed E-state index contributed by atoms with van der Waals surface area (Å²) in [6, 6.07) is 18.1. The van der Waals surface area contributed by atoms with Crippen molar-refractivity contribution in [2.24, 2.45) is 5.92 Å². The van der Waals surface area contributed by atoms with E-state index in [1.807, 2.05) is 0 Å². The molecule has 2 heterocycles. The van der Waals surface area contributed by atoms with Crippen molar-refractivity contribution in [3.05, 3.63) is 77.6 Å². The molecule has 0 saturated carbocycles. The first kappa shape index (κ1) is 23.2. The van der Waals surface area contributed by atoms with Gasteiger partial charge in [-0.3, -0.25) is 4.90 Å². The molecule has 1 fully saturated rings.